The van der Waals surface area contributed by atoms with Crippen molar-refractivity contribution in [3.05, 3.63) is 23.3 Å². The van der Waals surface area contributed by atoms with Crippen LogP contribution in [0.25, 0.3) is 0 Å². The van der Waals surface area contributed by atoms with E-state index < -0.39 is 0 Å². The first-order valence-electron chi connectivity index (χ1n) is 7.19. The third-order valence-corrected chi connectivity index (χ3v) is 4.53. The van der Waals surface area contributed by atoms with Crippen LogP contribution in [0.2, 0.25) is 0 Å². The number of carbonyl (C=O) groups is 1. The van der Waals surface area contributed by atoms with Crippen molar-refractivity contribution in [1.82, 2.24) is 9.97 Å². The van der Waals surface area contributed by atoms with Crippen molar-refractivity contribution in [3.63, 3.8) is 0 Å². The van der Waals surface area contributed by atoms with E-state index in [0.717, 1.165) is 23.2 Å². The van der Waals surface area contributed by atoms with E-state index in [2.05, 4.69) is 9.97 Å². The molecule has 3 atom stereocenters. The molecule has 2 aliphatic rings. The molecule has 0 saturated heterocycles. The number of fused-ring (bicyclic) bond motifs is 2. The first kappa shape index (κ1) is 12.6. The Morgan fingerprint density at radius 3 is 2.89 bits per heavy atom. The lowest BCUT2D eigenvalue weighted by Gasteiger charge is -2.20. The van der Waals surface area contributed by atoms with Gasteiger partial charge in [0.05, 0.1) is 6.61 Å². The largest absolute Gasteiger partial charge is 0.461 e. The molecule has 3 rings (SSSR count). The topological polar surface area (TPSA) is 52.1 Å². The number of aryl methyl sites for hydroxylation is 1. The highest BCUT2D eigenvalue weighted by atomic mass is 16.5. The van der Waals surface area contributed by atoms with E-state index in [0.29, 0.717) is 18.2 Å². The summed E-state index contributed by atoms with van der Waals surface area (Å²) in [5, 5.41) is 0. The van der Waals surface area contributed by atoms with E-state index in [4.69, 9.17) is 4.74 Å². The fraction of sp³-hybridized carbons (Fsp3) is 0.667. The minimum atomic E-state index is -0.327. The molecule has 0 aliphatic heterocycles. The van der Waals surface area contributed by atoms with Crippen LogP contribution in [0.4, 0.5) is 0 Å². The van der Waals surface area contributed by atoms with Gasteiger partial charge >= 0.3 is 5.97 Å². The van der Waals surface area contributed by atoms with Gasteiger partial charge in [-0.1, -0.05) is 6.42 Å². The highest BCUT2D eigenvalue weighted by Crippen LogP contribution is 2.52. The van der Waals surface area contributed by atoms with Gasteiger partial charge in [-0.25, -0.2) is 14.8 Å². The second-order valence-corrected chi connectivity index (χ2v) is 5.76. The lowest BCUT2D eigenvalue weighted by molar-refractivity contribution is 0.0517. The SMILES string of the molecule is CCOC(=O)c1nc(C2CC3CCC2C3)ncc1C. The zero-order valence-corrected chi connectivity index (χ0v) is 11.6. The molecule has 3 unspecified atom stereocenters. The van der Waals surface area contributed by atoms with E-state index >= 15 is 0 Å². The first-order chi connectivity index (χ1) is 9.19. The van der Waals surface area contributed by atoms with Crippen LogP contribution in [-0.4, -0.2) is 22.5 Å². The van der Waals surface area contributed by atoms with Crippen LogP contribution in [0.15, 0.2) is 6.20 Å². The van der Waals surface area contributed by atoms with Gasteiger partial charge < -0.3 is 4.74 Å². The average Bonchev–Trinajstić information content (AvgIpc) is 3.02. The summed E-state index contributed by atoms with van der Waals surface area (Å²) in [5.41, 5.74) is 1.24. The molecule has 2 aliphatic carbocycles. The number of hydrogen-bond donors (Lipinski definition) is 0. The number of aromatic nitrogens is 2. The van der Waals surface area contributed by atoms with Crippen LogP contribution in [0.1, 0.15) is 60.4 Å². The monoisotopic (exact) mass is 260 g/mol. The number of hydrogen-bond acceptors (Lipinski definition) is 4. The maximum absolute atomic E-state index is 11.9. The van der Waals surface area contributed by atoms with Crippen molar-refractivity contribution in [2.75, 3.05) is 6.61 Å². The molecule has 19 heavy (non-hydrogen) atoms. The molecule has 1 heterocycles. The Hall–Kier alpha value is -1.45. The van der Waals surface area contributed by atoms with E-state index in [1.807, 2.05) is 13.8 Å². The third kappa shape index (κ3) is 2.24. The second-order valence-electron chi connectivity index (χ2n) is 5.76. The summed E-state index contributed by atoms with van der Waals surface area (Å²) >= 11 is 0. The molecule has 2 fully saturated rings. The molecule has 4 heteroatoms. The van der Waals surface area contributed by atoms with E-state index in [-0.39, 0.29) is 5.97 Å². The highest BCUT2D eigenvalue weighted by molar-refractivity contribution is 5.88. The molecular weight excluding hydrogens is 240 g/mol. The van der Waals surface area contributed by atoms with Crippen LogP contribution < -0.4 is 0 Å². The fourth-order valence-corrected chi connectivity index (χ4v) is 3.60. The Morgan fingerprint density at radius 2 is 2.26 bits per heavy atom. The van der Waals surface area contributed by atoms with Crippen LogP contribution in [0.5, 0.6) is 0 Å². The summed E-state index contributed by atoms with van der Waals surface area (Å²) in [6.45, 7) is 4.05. The van der Waals surface area contributed by atoms with Crippen molar-refractivity contribution >= 4 is 5.97 Å². The first-order valence-corrected chi connectivity index (χ1v) is 7.19. The van der Waals surface area contributed by atoms with Gasteiger partial charge in [0.2, 0.25) is 0 Å². The van der Waals surface area contributed by atoms with Crippen LogP contribution in [0, 0.1) is 18.8 Å². The van der Waals surface area contributed by atoms with E-state index in [1.165, 1.54) is 25.7 Å². The molecule has 0 aromatic carbocycles. The minimum absolute atomic E-state index is 0.327. The minimum Gasteiger partial charge on any atom is -0.461 e. The molecule has 0 N–H and O–H groups in total. The Balaban J connectivity index is 1.87. The molecular formula is C15H20N2O2. The molecule has 4 nitrogen and oxygen atoms in total. The summed E-state index contributed by atoms with van der Waals surface area (Å²) in [6.07, 6.45) is 6.92. The molecule has 0 radical (unpaired) electrons. The summed E-state index contributed by atoms with van der Waals surface area (Å²) in [4.78, 5) is 20.8. The van der Waals surface area contributed by atoms with Crippen LogP contribution >= 0.6 is 0 Å². The van der Waals surface area contributed by atoms with Crippen molar-refractivity contribution in [2.24, 2.45) is 11.8 Å². The molecule has 1 aromatic rings. The van der Waals surface area contributed by atoms with Gasteiger partial charge in [-0.2, -0.15) is 0 Å². The van der Waals surface area contributed by atoms with E-state index in [1.54, 1.807) is 6.20 Å². The smallest absolute Gasteiger partial charge is 0.357 e. The van der Waals surface area contributed by atoms with Crippen LogP contribution in [-0.2, 0) is 4.74 Å². The summed E-state index contributed by atoms with van der Waals surface area (Å²) < 4.78 is 5.06. The number of esters is 1. The van der Waals surface area contributed by atoms with Crippen molar-refractivity contribution < 1.29 is 9.53 Å². The Morgan fingerprint density at radius 1 is 1.42 bits per heavy atom. The normalized spacial score (nSPS) is 28.6. The number of ether oxygens (including phenoxy) is 1. The zero-order valence-electron chi connectivity index (χ0n) is 11.6. The standard InChI is InChI=1S/C15H20N2O2/c1-3-19-15(18)13-9(2)8-16-14(17-13)12-7-10-4-5-11(12)6-10/h8,10-12H,3-7H2,1-2H3. The van der Waals surface area contributed by atoms with Crippen LogP contribution in [0.3, 0.4) is 0 Å². The highest BCUT2D eigenvalue weighted by Gasteiger charge is 2.41. The van der Waals surface area contributed by atoms with Gasteiger partial charge in [0.25, 0.3) is 0 Å². The molecule has 1 aromatic heterocycles. The Bertz CT molecular complexity index is 501. The second kappa shape index (κ2) is 4.91. The lowest BCUT2D eigenvalue weighted by Crippen LogP contribution is -2.16. The average molecular weight is 260 g/mol. The number of rotatable bonds is 3. The zero-order chi connectivity index (χ0) is 13.4. The predicted octanol–water partition coefficient (Wildman–Crippen LogP) is 2.87. The number of nitrogens with zero attached hydrogens (tertiary/aromatic N) is 2. The summed E-state index contributed by atoms with van der Waals surface area (Å²) in [5.74, 6) is 2.55. The molecule has 2 bridgehead atoms. The lowest BCUT2D eigenvalue weighted by atomic mass is 9.88. The summed E-state index contributed by atoms with van der Waals surface area (Å²) in [6, 6.07) is 0. The molecule has 0 amide bonds. The molecule has 102 valence electrons. The van der Waals surface area contributed by atoms with E-state index in [9.17, 15) is 4.79 Å². The Labute approximate surface area is 113 Å². The van der Waals surface area contributed by atoms with Crippen molar-refractivity contribution in [2.45, 2.75) is 45.4 Å². The van der Waals surface area contributed by atoms with Gasteiger partial charge in [-0.05, 0) is 44.9 Å². The van der Waals surface area contributed by atoms with Gasteiger partial charge in [-0.15, -0.1) is 0 Å². The molecule has 0 spiro atoms. The predicted molar refractivity (Wildman–Crippen MR) is 70.9 cm³/mol. The quantitative estimate of drug-likeness (QED) is 0.784. The van der Waals surface area contributed by atoms with Gasteiger partial charge in [0, 0.05) is 17.7 Å². The van der Waals surface area contributed by atoms with Crippen molar-refractivity contribution in [1.29, 1.82) is 0 Å². The fourth-order valence-electron chi connectivity index (χ4n) is 3.60. The van der Waals surface area contributed by atoms with Gasteiger partial charge in [-0.3, -0.25) is 0 Å². The maximum atomic E-state index is 11.9. The van der Waals surface area contributed by atoms with Crippen molar-refractivity contribution in [3.8, 4) is 0 Å². The third-order valence-electron chi connectivity index (χ3n) is 4.53. The maximum Gasteiger partial charge on any atom is 0.357 e. The Kier molecular flexibility index (Phi) is 3.25. The van der Waals surface area contributed by atoms with Gasteiger partial charge in [0.1, 0.15) is 5.82 Å². The van der Waals surface area contributed by atoms with Gasteiger partial charge in [0.15, 0.2) is 5.69 Å². The summed E-state index contributed by atoms with van der Waals surface area (Å²) in [7, 11) is 0. The molecule has 2 saturated carbocycles. The number of carbonyl (C=O) groups excluding carboxylic acids is 1.